The molecule has 0 atom stereocenters. The maximum absolute atomic E-state index is 6.45. The zero-order chi connectivity index (χ0) is 41.0. The van der Waals surface area contributed by atoms with E-state index in [4.69, 9.17) is 23.8 Å². The molecule has 9 aromatic carbocycles. The van der Waals surface area contributed by atoms with E-state index in [0.29, 0.717) is 17.5 Å². The third-order valence-electron chi connectivity index (χ3n) is 11.7. The molecule has 12 rings (SSSR count). The maximum atomic E-state index is 6.45. The van der Waals surface area contributed by atoms with Crippen molar-refractivity contribution in [1.82, 2.24) is 15.0 Å². The third kappa shape index (κ3) is 6.23. The molecule has 0 N–H and O–H groups in total. The lowest BCUT2D eigenvalue weighted by atomic mass is 9.84. The fourth-order valence-corrected chi connectivity index (χ4v) is 8.75. The van der Waals surface area contributed by atoms with E-state index in [2.05, 4.69) is 140 Å². The number of rotatable bonds is 7. The number of nitrogens with zero attached hydrogens (tertiary/aromatic N) is 3. The molecule has 0 aliphatic carbocycles. The molecule has 0 aliphatic heterocycles. The Kier molecular flexibility index (Phi) is 8.42. The number of hydrogen-bond acceptors (Lipinski definition) is 5. The summed E-state index contributed by atoms with van der Waals surface area (Å²) < 4.78 is 12.6. The van der Waals surface area contributed by atoms with Crippen LogP contribution in [0, 0.1) is 0 Å². The van der Waals surface area contributed by atoms with Crippen molar-refractivity contribution in [2.75, 3.05) is 0 Å². The molecule has 5 nitrogen and oxygen atoms in total. The van der Waals surface area contributed by atoms with Crippen LogP contribution in [0.25, 0.3) is 123 Å². The highest BCUT2D eigenvalue weighted by Crippen LogP contribution is 2.45. The number of para-hydroxylation sites is 2. The molecule has 0 saturated heterocycles. The summed E-state index contributed by atoms with van der Waals surface area (Å²) in [7, 11) is 0. The van der Waals surface area contributed by atoms with Gasteiger partial charge in [-0.15, -0.1) is 0 Å². The van der Waals surface area contributed by atoms with Gasteiger partial charge in [0.1, 0.15) is 22.3 Å². The van der Waals surface area contributed by atoms with E-state index in [1.165, 1.54) is 0 Å². The van der Waals surface area contributed by atoms with Crippen LogP contribution in [-0.4, -0.2) is 15.0 Å². The highest BCUT2D eigenvalue weighted by Gasteiger charge is 2.20. The fourth-order valence-electron chi connectivity index (χ4n) is 8.75. The molecule has 0 amide bonds. The molecule has 0 radical (unpaired) electrons. The Morgan fingerprint density at radius 1 is 0.242 bits per heavy atom. The van der Waals surface area contributed by atoms with Crippen molar-refractivity contribution in [2.24, 2.45) is 0 Å². The molecule has 0 spiro atoms. The molecular formula is C57H35N3O2. The van der Waals surface area contributed by atoms with Crippen LogP contribution < -0.4 is 0 Å². The number of benzene rings is 9. The second-order valence-electron chi connectivity index (χ2n) is 15.5. The highest BCUT2D eigenvalue weighted by molar-refractivity contribution is 6.08. The number of aromatic nitrogens is 3. The van der Waals surface area contributed by atoms with E-state index < -0.39 is 0 Å². The normalized spacial score (nSPS) is 11.5. The molecule has 0 aliphatic rings. The van der Waals surface area contributed by atoms with Crippen LogP contribution in [-0.2, 0) is 0 Å². The molecule has 3 aromatic heterocycles. The first-order valence-corrected chi connectivity index (χ1v) is 20.7. The van der Waals surface area contributed by atoms with Gasteiger partial charge in [-0.2, -0.15) is 0 Å². The summed E-state index contributed by atoms with van der Waals surface area (Å²) in [5.41, 5.74) is 14.9. The lowest BCUT2D eigenvalue weighted by molar-refractivity contribution is 0.668. The SMILES string of the molecule is c1ccc(-c2cc(-c3cccc(-c4nc(-c5ccccc5)nc(-c5ccc6oc7ccccc7c6c5)n4)c3)c(-c3ccccc3)c(-c3ccc4c(c3)oc3ccccc34)c2)cc1. The first-order valence-electron chi connectivity index (χ1n) is 20.7. The third-order valence-corrected chi connectivity index (χ3v) is 11.7. The van der Waals surface area contributed by atoms with Gasteiger partial charge in [-0.25, -0.2) is 15.0 Å². The van der Waals surface area contributed by atoms with Crippen LogP contribution in [0.5, 0.6) is 0 Å². The average Bonchev–Trinajstić information content (AvgIpc) is 3.92. The van der Waals surface area contributed by atoms with Crippen LogP contribution in [0.4, 0.5) is 0 Å². The number of furan rings is 2. The summed E-state index contributed by atoms with van der Waals surface area (Å²) in [5, 5.41) is 4.28. The van der Waals surface area contributed by atoms with E-state index in [0.717, 1.165) is 105 Å². The van der Waals surface area contributed by atoms with Crippen LogP contribution in [0.15, 0.2) is 221 Å². The predicted octanol–water partition coefficient (Wildman–Crippen LogP) is 15.3. The van der Waals surface area contributed by atoms with Gasteiger partial charge in [0.05, 0.1) is 0 Å². The van der Waals surface area contributed by atoms with Crippen LogP contribution in [0.2, 0.25) is 0 Å². The largest absolute Gasteiger partial charge is 0.456 e. The molecular weight excluding hydrogens is 759 g/mol. The van der Waals surface area contributed by atoms with E-state index in [-0.39, 0.29) is 0 Å². The van der Waals surface area contributed by atoms with Gasteiger partial charge in [0.25, 0.3) is 0 Å². The summed E-state index contributed by atoms with van der Waals surface area (Å²) in [4.78, 5) is 15.4. The Balaban J connectivity index is 1.07. The van der Waals surface area contributed by atoms with Crippen LogP contribution in [0.3, 0.4) is 0 Å². The van der Waals surface area contributed by atoms with Gasteiger partial charge in [-0.05, 0) is 105 Å². The lowest BCUT2D eigenvalue weighted by Crippen LogP contribution is -2.00. The van der Waals surface area contributed by atoms with Crippen molar-refractivity contribution in [3.8, 4) is 78.7 Å². The Morgan fingerprint density at radius 3 is 1.37 bits per heavy atom. The molecule has 12 aromatic rings. The van der Waals surface area contributed by atoms with Crippen molar-refractivity contribution in [3.05, 3.63) is 212 Å². The summed E-state index contributed by atoms with van der Waals surface area (Å²) >= 11 is 0. The van der Waals surface area contributed by atoms with Gasteiger partial charge < -0.3 is 8.83 Å². The molecule has 5 heteroatoms. The second-order valence-corrected chi connectivity index (χ2v) is 15.5. The summed E-state index contributed by atoms with van der Waals surface area (Å²) in [5.74, 6) is 1.78. The van der Waals surface area contributed by atoms with Gasteiger partial charge >= 0.3 is 0 Å². The average molecular weight is 794 g/mol. The molecule has 0 unspecified atom stereocenters. The van der Waals surface area contributed by atoms with Gasteiger partial charge in [0.2, 0.25) is 0 Å². The van der Waals surface area contributed by atoms with Crippen molar-refractivity contribution in [2.45, 2.75) is 0 Å². The van der Waals surface area contributed by atoms with Crippen molar-refractivity contribution in [1.29, 1.82) is 0 Å². The molecule has 62 heavy (non-hydrogen) atoms. The quantitative estimate of drug-likeness (QED) is 0.161. The monoisotopic (exact) mass is 793 g/mol. The Bertz CT molecular complexity index is 3630. The maximum Gasteiger partial charge on any atom is 0.164 e. The lowest BCUT2D eigenvalue weighted by Gasteiger charge is -2.19. The topological polar surface area (TPSA) is 65.0 Å². The van der Waals surface area contributed by atoms with Gasteiger partial charge in [-0.3, -0.25) is 0 Å². The summed E-state index contributed by atoms with van der Waals surface area (Å²) in [6.07, 6.45) is 0. The van der Waals surface area contributed by atoms with Crippen LogP contribution in [0.1, 0.15) is 0 Å². The van der Waals surface area contributed by atoms with E-state index in [1.54, 1.807) is 0 Å². The summed E-state index contributed by atoms with van der Waals surface area (Å²) in [6.45, 7) is 0. The van der Waals surface area contributed by atoms with E-state index in [1.807, 2.05) is 72.8 Å². The minimum Gasteiger partial charge on any atom is -0.456 e. The second kappa shape index (κ2) is 14.7. The molecule has 290 valence electrons. The van der Waals surface area contributed by atoms with Crippen molar-refractivity contribution < 1.29 is 8.83 Å². The Labute approximate surface area is 357 Å². The highest BCUT2D eigenvalue weighted by atomic mass is 16.3. The molecule has 3 heterocycles. The minimum absolute atomic E-state index is 0.587. The van der Waals surface area contributed by atoms with Crippen molar-refractivity contribution in [3.63, 3.8) is 0 Å². The van der Waals surface area contributed by atoms with Gasteiger partial charge in [0, 0.05) is 38.2 Å². The summed E-state index contributed by atoms with van der Waals surface area (Å²) in [6, 6.07) is 73.7. The standard InChI is InChI=1S/C57H35N3O2/c1-4-15-36(16-5-1)43-33-47(54(37-17-6-2-7-18-37)48(34-43)40-27-29-46-44-23-10-12-25-50(44)62-53(46)35-40)39-21-14-22-41(31-39)56-58-55(38-19-8-3-9-20-38)59-57(60-56)42-28-30-52-49(32-42)45-24-11-13-26-51(45)61-52/h1-35H. The zero-order valence-corrected chi connectivity index (χ0v) is 33.4. The molecule has 0 fully saturated rings. The predicted molar refractivity (Wildman–Crippen MR) is 252 cm³/mol. The Hall–Kier alpha value is -8.41. The van der Waals surface area contributed by atoms with Crippen molar-refractivity contribution >= 4 is 43.9 Å². The van der Waals surface area contributed by atoms with Crippen LogP contribution >= 0.6 is 0 Å². The fraction of sp³-hybridized carbons (Fsp3) is 0. The Morgan fingerprint density at radius 2 is 0.694 bits per heavy atom. The molecule has 0 bridgehead atoms. The number of fused-ring (bicyclic) bond motifs is 6. The minimum atomic E-state index is 0.587. The first kappa shape index (κ1) is 35.5. The zero-order valence-electron chi connectivity index (χ0n) is 33.4. The first-order chi connectivity index (χ1) is 30.7. The molecule has 0 saturated carbocycles. The number of hydrogen-bond donors (Lipinski definition) is 0. The smallest absolute Gasteiger partial charge is 0.164 e. The van der Waals surface area contributed by atoms with E-state index >= 15 is 0 Å². The van der Waals surface area contributed by atoms with E-state index in [9.17, 15) is 0 Å². The van der Waals surface area contributed by atoms with Gasteiger partial charge in [0.15, 0.2) is 17.5 Å². The van der Waals surface area contributed by atoms with Gasteiger partial charge in [-0.1, -0.05) is 152 Å².